The van der Waals surface area contributed by atoms with Crippen LogP contribution in [0, 0.1) is 0 Å². The van der Waals surface area contributed by atoms with Crippen molar-refractivity contribution in [2.45, 2.75) is 45.2 Å². The summed E-state index contributed by atoms with van der Waals surface area (Å²) >= 11 is 0. The predicted octanol–water partition coefficient (Wildman–Crippen LogP) is -2.21. The third kappa shape index (κ3) is 14.4. The maximum Gasteiger partial charge on any atom is 0.284 e. The first kappa shape index (κ1) is 22.3. The number of aliphatic hydroxyl groups excluding tert-OH is 1. The largest absolute Gasteiger partial charge is 0.396 e. The molecule has 0 saturated heterocycles. The normalized spacial score (nSPS) is 12.2. The highest BCUT2D eigenvalue weighted by Crippen LogP contribution is 1.89. The van der Waals surface area contributed by atoms with Crippen LogP contribution in [0.5, 0.6) is 0 Å². The molecular weight excluding hydrogens is 292 g/mol. The average Bonchev–Trinajstić information content (AvgIpc) is 2.44. The van der Waals surface area contributed by atoms with E-state index in [9.17, 15) is 19.2 Å². The van der Waals surface area contributed by atoms with E-state index in [1.54, 1.807) is 0 Å². The van der Waals surface area contributed by atoms with E-state index in [0.717, 1.165) is 6.42 Å². The minimum atomic E-state index is -0.995. The number of primary amides is 1. The van der Waals surface area contributed by atoms with Gasteiger partial charge in [-0.05, 0) is 19.8 Å². The van der Waals surface area contributed by atoms with Crippen LogP contribution in [-0.4, -0.2) is 54.3 Å². The second-order valence-corrected chi connectivity index (χ2v) is 4.64. The average molecular weight is 318 g/mol. The summed E-state index contributed by atoms with van der Waals surface area (Å²) in [4.78, 5) is 42.3. The number of hydrogen-bond donors (Lipinski definition) is 5. The van der Waals surface area contributed by atoms with Crippen molar-refractivity contribution in [3.05, 3.63) is 0 Å². The molecule has 3 amide bonds. The Balaban J connectivity index is 0. The van der Waals surface area contributed by atoms with Gasteiger partial charge in [-0.1, -0.05) is 13.3 Å². The number of rotatable bonds is 9. The minimum Gasteiger partial charge on any atom is -0.396 e. The van der Waals surface area contributed by atoms with Gasteiger partial charge in [-0.15, -0.1) is 0 Å². The number of amides is 3. The van der Waals surface area contributed by atoms with E-state index in [4.69, 9.17) is 16.6 Å². The first-order valence-corrected chi connectivity index (χ1v) is 6.96. The fourth-order valence-corrected chi connectivity index (χ4v) is 1.32. The highest BCUT2D eigenvalue weighted by atomic mass is 16.3. The van der Waals surface area contributed by atoms with E-state index in [1.165, 1.54) is 6.42 Å². The summed E-state index contributed by atoms with van der Waals surface area (Å²) in [6.45, 7) is 3.42. The van der Waals surface area contributed by atoms with E-state index in [1.807, 2.05) is 12.2 Å². The van der Waals surface area contributed by atoms with Gasteiger partial charge in [-0.25, -0.2) is 0 Å². The van der Waals surface area contributed by atoms with Crippen molar-refractivity contribution in [1.29, 1.82) is 0 Å². The number of carbonyl (C=O) groups is 4. The van der Waals surface area contributed by atoms with Gasteiger partial charge in [0.1, 0.15) is 6.04 Å². The molecule has 0 bridgehead atoms. The Hall–Kier alpha value is -2.00. The first-order valence-electron chi connectivity index (χ1n) is 6.96. The minimum absolute atomic E-state index is 0.0112. The van der Waals surface area contributed by atoms with Crippen LogP contribution in [-0.2, 0) is 19.2 Å². The summed E-state index contributed by atoms with van der Waals surface area (Å²) in [5, 5.41) is 12.8. The van der Waals surface area contributed by atoms with E-state index < -0.39 is 30.3 Å². The molecule has 2 atom stereocenters. The highest BCUT2D eigenvalue weighted by molar-refractivity contribution is 6.24. The molecule has 0 aromatic heterocycles. The standard InChI is InChI=1S/C8H13N3O5.C5H13N/c9-8(16)5(1-2-12)11-6(14)3-10-7(15)4-13;1-3-4-5(2)6/h4-5,12H,1-3H2,(H2,9,16)(H,10,15)(H,11,14);5H,3-4,6H2,1-2H3. The maximum atomic E-state index is 11.1. The van der Waals surface area contributed by atoms with Crippen LogP contribution < -0.4 is 22.1 Å². The molecule has 0 aromatic carbocycles. The monoisotopic (exact) mass is 318 g/mol. The number of aldehydes is 1. The molecule has 0 aliphatic rings. The summed E-state index contributed by atoms with van der Waals surface area (Å²) < 4.78 is 0. The molecule has 0 saturated carbocycles. The maximum absolute atomic E-state index is 11.1. The van der Waals surface area contributed by atoms with Crippen LogP contribution in [0.2, 0.25) is 0 Å². The van der Waals surface area contributed by atoms with Gasteiger partial charge >= 0.3 is 0 Å². The summed E-state index contributed by atoms with van der Waals surface area (Å²) in [6.07, 6.45) is 2.37. The van der Waals surface area contributed by atoms with Crippen LogP contribution in [0.15, 0.2) is 0 Å². The fraction of sp³-hybridized carbons (Fsp3) is 0.692. The molecule has 22 heavy (non-hydrogen) atoms. The number of aliphatic hydroxyl groups is 1. The molecule has 9 heteroatoms. The number of hydrogen-bond acceptors (Lipinski definition) is 6. The van der Waals surface area contributed by atoms with Gasteiger partial charge in [0.05, 0.1) is 6.54 Å². The molecule has 0 radical (unpaired) electrons. The molecule has 0 aliphatic heterocycles. The topological polar surface area (TPSA) is 165 Å². The van der Waals surface area contributed by atoms with E-state index in [2.05, 4.69) is 12.2 Å². The molecule has 128 valence electrons. The molecule has 0 fully saturated rings. The first-order chi connectivity index (χ1) is 10.3. The summed E-state index contributed by atoms with van der Waals surface area (Å²) in [5.74, 6) is -2.40. The van der Waals surface area contributed by atoms with Gasteiger partial charge in [-0.3, -0.25) is 19.2 Å². The molecule has 0 rings (SSSR count). The molecule has 0 aliphatic carbocycles. The third-order valence-corrected chi connectivity index (χ3v) is 2.37. The second kappa shape index (κ2) is 14.0. The Morgan fingerprint density at radius 3 is 2.18 bits per heavy atom. The molecule has 0 heterocycles. The van der Waals surface area contributed by atoms with Crippen LogP contribution in [0.3, 0.4) is 0 Å². The van der Waals surface area contributed by atoms with Crippen molar-refractivity contribution in [2.24, 2.45) is 11.5 Å². The zero-order valence-electron chi connectivity index (χ0n) is 13.0. The lowest BCUT2D eigenvalue weighted by atomic mass is 10.2. The van der Waals surface area contributed by atoms with Crippen LogP contribution in [0.25, 0.3) is 0 Å². The SMILES string of the molecule is CCCC(C)N.NC(=O)C(CCO)NC(=O)CNC(=O)C=O. The van der Waals surface area contributed by atoms with E-state index in [-0.39, 0.29) is 19.3 Å². The van der Waals surface area contributed by atoms with Gasteiger partial charge in [0.25, 0.3) is 5.91 Å². The molecule has 9 nitrogen and oxygen atoms in total. The smallest absolute Gasteiger partial charge is 0.284 e. The van der Waals surface area contributed by atoms with Crippen LogP contribution in [0.4, 0.5) is 0 Å². The van der Waals surface area contributed by atoms with Crippen molar-refractivity contribution in [3.63, 3.8) is 0 Å². The van der Waals surface area contributed by atoms with Crippen LogP contribution in [0.1, 0.15) is 33.1 Å². The van der Waals surface area contributed by atoms with E-state index in [0.29, 0.717) is 6.04 Å². The van der Waals surface area contributed by atoms with Gasteiger partial charge in [-0.2, -0.15) is 0 Å². The quantitative estimate of drug-likeness (QED) is 0.239. The molecular formula is C13H26N4O5. The Labute approximate surface area is 129 Å². The number of carbonyl (C=O) groups excluding carboxylic acids is 4. The van der Waals surface area contributed by atoms with Crippen molar-refractivity contribution in [3.8, 4) is 0 Å². The number of nitrogens with one attached hydrogen (secondary N) is 2. The fourth-order valence-electron chi connectivity index (χ4n) is 1.32. The molecule has 7 N–H and O–H groups in total. The van der Waals surface area contributed by atoms with Gasteiger partial charge < -0.3 is 27.2 Å². The Bertz CT molecular complexity index is 360. The van der Waals surface area contributed by atoms with Gasteiger partial charge in [0.2, 0.25) is 18.1 Å². The third-order valence-electron chi connectivity index (χ3n) is 2.37. The highest BCUT2D eigenvalue weighted by Gasteiger charge is 2.17. The second-order valence-electron chi connectivity index (χ2n) is 4.64. The van der Waals surface area contributed by atoms with Crippen molar-refractivity contribution in [1.82, 2.24) is 10.6 Å². The van der Waals surface area contributed by atoms with Crippen LogP contribution >= 0.6 is 0 Å². The van der Waals surface area contributed by atoms with Crippen molar-refractivity contribution < 1.29 is 24.3 Å². The van der Waals surface area contributed by atoms with Gasteiger partial charge in [0.15, 0.2) is 0 Å². The summed E-state index contributed by atoms with van der Waals surface area (Å²) in [7, 11) is 0. The lowest BCUT2D eigenvalue weighted by Gasteiger charge is -2.13. The molecule has 2 unspecified atom stereocenters. The molecule has 0 spiro atoms. The Morgan fingerprint density at radius 2 is 1.86 bits per heavy atom. The predicted molar refractivity (Wildman–Crippen MR) is 80.5 cm³/mol. The van der Waals surface area contributed by atoms with Crippen molar-refractivity contribution in [2.75, 3.05) is 13.2 Å². The summed E-state index contributed by atoms with van der Waals surface area (Å²) in [6, 6.07) is -0.597. The zero-order chi connectivity index (χ0) is 17.5. The molecule has 0 aromatic rings. The van der Waals surface area contributed by atoms with Gasteiger partial charge in [0, 0.05) is 12.6 Å². The Kier molecular flexibility index (Phi) is 14.1. The lowest BCUT2D eigenvalue weighted by molar-refractivity contribution is -0.133. The Morgan fingerprint density at radius 1 is 1.27 bits per heavy atom. The summed E-state index contributed by atoms with van der Waals surface area (Å²) in [5.41, 5.74) is 10.3. The van der Waals surface area contributed by atoms with Crippen molar-refractivity contribution >= 4 is 24.0 Å². The lowest BCUT2D eigenvalue weighted by Crippen LogP contribution is -2.48. The number of nitrogens with two attached hydrogens (primary N) is 2. The zero-order valence-corrected chi connectivity index (χ0v) is 13.0. The van der Waals surface area contributed by atoms with E-state index >= 15 is 0 Å².